The van der Waals surface area contributed by atoms with Crippen LogP contribution >= 0.6 is 0 Å². The number of hydrogen-bond donors (Lipinski definition) is 2. The summed E-state index contributed by atoms with van der Waals surface area (Å²) in [6, 6.07) is 5.94. The second kappa shape index (κ2) is 8.21. The quantitative estimate of drug-likeness (QED) is 0.846. The minimum Gasteiger partial charge on any atom is -0.393 e. The summed E-state index contributed by atoms with van der Waals surface area (Å²) >= 11 is 0. The fourth-order valence-electron chi connectivity index (χ4n) is 3.73. The largest absolute Gasteiger partial charge is 0.393 e. The van der Waals surface area contributed by atoms with Crippen LogP contribution in [-0.2, 0) is 17.8 Å². The molecule has 2 N–H and O–H groups in total. The summed E-state index contributed by atoms with van der Waals surface area (Å²) in [7, 11) is 0. The van der Waals surface area contributed by atoms with Crippen LogP contribution in [0.25, 0.3) is 10.8 Å². The van der Waals surface area contributed by atoms with Crippen molar-refractivity contribution in [3.8, 4) is 0 Å². The first-order valence-corrected chi connectivity index (χ1v) is 9.90. The molecule has 0 aliphatic heterocycles. The molecule has 0 saturated heterocycles. The smallest absolute Gasteiger partial charge is 0.275 e. The highest BCUT2D eigenvalue weighted by Crippen LogP contribution is 2.22. The summed E-state index contributed by atoms with van der Waals surface area (Å²) in [5.41, 5.74) is 1.78. The van der Waals surface area contributed by atoms with Crippen LogP contribution in [0.2, 0.25) is 0 Å². The van der Waals surface area contributed by atoms with Gasteiger partial charge in [-0.2, -0.15) is 5.10 Å². The third-order valence-electron chi connectivity index (χ3n) is 5.42. The molecule has 1 saturated carbocycles. The zero-order chi connectivity index (χ0) is 19.6. The van der Waals surface area contributed by atoms with E-state index < -0.39 is 0 Å². The first kappa shape index (κ1) is 19.5. The van der Waals surface area contributed by atoms with E-state index in [2.05, 4.69) is 24.3 Å². The normalized spacial score (nSPS) is 20.2. The van der Waals surface area contributed by atoms with Gasteiger partial charge < -0.3 is 10.4 Å². The van der Waals surface area contributed by atoms with Crippen molar-refractivity contribution in [2.45, 2.75) is 77.5 Å². The van der Waals surface area contributed by atoms with Crippen molar-refractivity contribution in [3.63, 3.8) is 0 Å². The van der Waals surface area contributed by atoms with Crippen LogP contribution in [0.4, 0.5) is 0 Å². The van der Waals surface area contributed by atoms with E-state index in [4.69, 9.17) is 0 Å². The molecule has 1 aliphatic rings. The lowest BCUT2D eigenvalue weighted by molar-refractivity contribution is -0.123. The Bertz CT molecular complexity index is 880. The molecule has 2 aromatic rings. The monoisotopic (exact) mass is 371 g/mol. The molecule has 3 rings (SSSR count). The third kappa shape index (κ3) is 4.38. The van der Waals surface area contributed by atoms with E-state index in [9.17, 15) is 14.7 Å². The van der Waals surface area contributed by atoms with Gasteiger partial charge in [-0.05, 0) is 55.7 Å². The zero-order valence-electron chi connectivity index (χ0n) is 16.4. The predicted molar refractivity (Wildman–Crippen MR) is 106 cm³/mol. The van der Waals surface area contributed by atoms with Crippen LogP contribution < -0.4 is 10.9 Å². The molecular formula is C21H29N3O3. The van der Waals surface area contributed by atoms with Crippen LogP contribution in [0.1, 0.15) is 63.6 Å². The Labute approximate surface area is 159 Å². The number of carbonyl (C=O) groups excluding carboxylic acids is 1. The Balaban J connectivity index is 1.84. The molecule has 146 valence electrons. The van der Waals surface area contributed by atoms with Gasteiger partial charge in [0.25, 0.3) is 5.56 Å². The van der Waals surface area contributed by atoms with E-state index in [0.717, 1.165) is 23.9 Å². The molecule has 0 atom stereocenters. The second-order valence-corrected chi connectivity index (χ2v) is 7.80. The van der Waals surface area contributed by atoms with Crippen molar-refractivity contribution in [1.82, 2.24) is 15.1 Å². The molecule has 1 aliphatic carbocycles. The van der Waals surface area contributed by atoms with E-state index in [0.29, 0.717) is 30.6 Å². The van der Waals surface area contributed by atoms with Crippen molar-refractivity contribution in [1.29, 1.82) is 0 Å². The average Bonchev–Trinajstić information content (AvgIpc) is 2.65. The molecule has 27 heavy (non-hydrogen) atoms. The van der Waals surface area contributed by atoms with E-state index in [1.165, 1.54) is 10.2 Å². The van der Waals surface area contributed by atoms with Gasteiger partial charge in [0.05, 0.1) is 17.2 Å². The first-order chi connectivity index (χ1) is 12.9. The Morgan fingerprint density at radius 2 is 1.96 bits per heavy atom. The summed E-state index contributed by atoms with van der Waals surface area (Å²) in [6.07, 6.45) is 3.39. The van der Waals surface area contributed by atoms with E-state index >= 15 is 0 Å². The second-order valence-electron chi connectivity index (χ2n) is 7.80. The Morgan fingerprint density at radius 3 is 2.59 bits per heavy atom. The number of aromatic nitrogens is 2. The lowest BCUT2D eigenvalue weighted by atomic mass is 9.93. The van der Waals surface area contributed by atoms with Crippen molar-refractivity contribution < 1.29 is 9.90 Å². The van der Waals surface area contributed by atoms with E-state index in [1.807, 2.05) is 25.1 Å². The molecule has 0 unspecified atom stereocenters. The molecule has 6 nitrogen and oxygen atoms in total. The van der Waals surface area contributed by atoms with Crippen molar-refractivity contribution in [3.05, 3.63) is 39.8 Å². The number of amides is 1. The fourth-order valence-corrected chi connectivity index (χ4v) is 3.73. The lowest BCUT2D eigenvalue weighted by Crippen LogP contribution is -2.42. The number of aryl methyl sites for hydroxylation is 1. The molecule has 0 spiro atoms. The van der Waals surface area contributed by atoms with Crippen LogP contribution in [0, 0.1) is 0 Å². The van der Waals surface area contributed by atoms with Gasteiger partial charge in [-0.1, -0.05) is 26.8 Å². The van der Waals surface area contributed by atoms with Crippen LogP contribution in [0.15, 0.2) is 23.0 Å². The number of aliphatic hydroxyl groups excluding tert-OH is 1. The van der Waals surface area contributed by atoms with Gasteiger partial charge in [0.15, 0.2) is 0 Å². The van der Waals surface area contributed by atoms with Crippen molar-refractivity contribution in [2.75, 3.05) is 0 Å². The number of fused-ring (bicyclic) bond motifs is 1. The van der Waals surface area contributed by atoms with Crippen molar-refractivity contribution >= 4 is 16.7 Å². The number of hydrogen-bond acceptors (Lipinski definition) is 4. The van der Waals surface area contributed by atoms with Crippen LogP contribution in [0.5, 0.6) is 0 Å². The summed E-state index contributed by atoms with van der Waals surface area (Å²) in [5, 5.41) is 18.5. The number of nitrogens with one attached hydrogen (secondary N) is 1. The lowest BCUT2D eigenvalue weighted by Gasteiger charge is -2.26. The topological polar surface area (TPSA) is 84.2 Å². The predicted octanol–water partition coefficient (Wildman–Crippen LogP) is 2.50. The average molecular weight is 371 g/mol. The van der Waals surface area contributed by atoms with Gasteiger partial charge in [-0.15, -0.1) is 0 Å². The van der Waals surface area contributed by atoms with Gasteiger partial charge in [0, 0.05) is 11.4 Å². The molecule has 0 bridgehead atoms. The molecule has 0 radical (unpaired) electrons. The van der Waals surface area contributed by atoms with Gasteiger partial charge in [0.1, 0.15) is 6.54 Å². The van der Waals surface area contributed by atoms with E-state index in [-0.39, 0.29) is 30.2 Å². The Kier molecular flexibility index (Phi) is 5.95. The molecule has 1 amide bonds. The zero-order valence-corrected chi connectivity index (χ0v) is 16.4. The number of carbonyl (C=O) groups is 1. The molecule has 1 aromatic heterocycles. The Hall–Kier alpha value is -2.21. The third-order valence-corrected chi connectivity index (χ3v) is 5.42. The minimum atomic E-state index is -0.259. The number of benzene rings is 1. The SMILES string of the molecule is CCc1nn(CC(=O)N[C@H]2CC[C@H](O)CC2)c(=O)c2ccc(C(C)C)cc12. The molecule has 1 heterocycles. The summed E-state index contributed by atoms with van der Waals surface area (Å²) in [4.78, 5) is 25.3. The van der Waals surface area contributed by atoms with Crippen molar-refractivity contribution in [2.24, 2.45) is 0 Å². The maximum absolute atomic E-state index is 12.8. The van der Waals surface area contributed by atoms with Gasteiger partial charge in [-0.25, -0.2) is 4.68 Å². The Morgan fingerprint density at radius 1 is 1.26 bits per heavy atom. The summed E-state index contributed by atoms with van der Waals surface area (Å²) in [5.74, 6) is 0.174. The highest BCUT2D eigenvalue weighted by molar-refractivity contribution is 5.85. The minimum absolute atomic E-state index is 0.0660. The number of aliphatic hydroxyl groups is 1. The standard InChI is InChI=1S/C21H29N3O3/c1-4-19-18-11-14(13(2)3)5-10-17(18)21(27)24(23-19)12-20(26)22-15-6-8-16(25)9-7-15/h5,10-11,13,15-16,25H,4,6-9,12H2,1-3H3,(H,22,26)/t15-,16-. The summed E-state index contributed by atoms with van der Waals surface area (Å²) < 4.78 is 1.28. The summed E-state index contributed by atoms with van der Waals surface area (Å²) in [6.45, 7) is 6.17. The maximum Gasteiger partial charge on any atom is 0.275 e. The van der Waals surface area contributed by atoms with Gasteiger partial charge in [-0.3, -0.25) is 9.59 Å². The molecule has 6 heteroatoms. The van der Waals surface area contributed by atoms with Crippen LogP contribution in [0.3, 0.4) is 0 Å². The number of nitrogens with zero attached hydrogens (tertiary/aromatic N) is 2. The van der Waals surface area contributed by atoms with Gasteiger partial charge >= 0.3 is 0 Å². The molecule has 1 fully saturated rings. The van der Waals surface area contributed by atoms with Gasteiger partial charge in [0.2, 0.25) is 5.91 Å². The maximum atomic E-state index is 12.8. The molecule has 1 aromatic carbocycles. The fraction of sp³-hybridized carbons (Fsp3) is 0.571. The van der Waals surface area contributed by atoms with Crippen LogP contribution in [-0.4, -0.2) is 32.9 Å². The van der Waals surface area contributed by atoms with E-state index in [1.54, 1.807) is 0 Å². The molecular weight excluding hydrogens is 342 g/mol. The number of rotatable bonds is 5. The highest BCUT2D eigenvalue weighted by atomic mass is 16.3. The highest BCUT2D eigenvalue weighted by Gasteiger charge is 2.21. The first-order valence-electron chi connectivity index (χ1n) is 9.90.